The number of ether oxygens (including phenoxy) is 1. The summed E-state index contributed by atoms with van der Waals surface area (Å²) in [6.45, 7) is 8.18. The zero-order valence-electron chi connectivity index (χ0n) is 18.0. The van der Waals surface area contributed by atoms with Crippen LogP contribution in [0.25, 0.3) is 0 Å². The molecule has 4 heteroatoms. The molecule has 1 unspecified atom stereocenters. The molecule has 4 nitrogen and oxygen atoms in total. The highest BCUT2D eigenvalue weighted by molar-refractivity contribution is 6.12. The van der Waals surface area contributed by atoms with Crippen LogP contribution in [0.5, 0.6) is 0 Å². The lowest BCUT2D eigenvalue weighted by Gasteiger charge is -2.41. The van der Waals surface area contributed by atoms with Gasteiger partial charge in [0.2, 0.25) is 0 Å². The number of Topliss-reactive ketones (excluding diaryl/α,β-unsaturated/α-hetero) is 1. The first kappa shape index (κ1) is 20.1. The topological polar surface area (TPSA) is 55.7 Å². The molecule has 2 fully saturated rings. The van der Waals surface area contributed by atoms with Crippen LogP contribution in [0.4, 0.5) is 0 Å². The summed E-state index contributed by atoms with van der Waals surface area (Å²) in [5, 5.41) is 0. The smallest absolute Gasteiger partial charge is 0.336 e. The van der Waals surface area contributed by atoms with E-state index in [1.54, 1.807) is 0 Å². The average Bonchev–Trinajstić information content (AvgIpc) is 3.12. The standard InChI is InChI=1S/C25H31NO3/c1-15-9-5-8-12-18(15)22-21(24(28)29-17-10-6-7-11-17)16(2)26-19-13-25(3,4)14-20(27)23(19)22/h5,8-9,12,17,22-23H,6-7,10-11,13-14H2,1-4H3/t22-,23?/m0/s1. The molecule has 4 rings (SSSR count). The lowest BCUT2D eigenvalue weighted by Crippen LogP contribution is -2.44. The van der Waals surface area contributed by atoms with Gasteiger partial charge in [-0.15, -0.1) is 0 Å². The summed E-state index contributed by atoms with van der Waals surface area (Å²) < 4.78 is 5.89. The Labute approximate surface area is 173 Å². The van der Waals surface area contributed by atoms with E-state index in [2.05, 4.69) is 13.8 Å². The van der Waals surface area contributed by atoms with Crippen LogP contribution >= 0.6 is 0 Å². The van der Waals surface area contributed by atoms with Gasteiger partial charge in [-0.05, 0) is 62.5 Å². The Kier molecular flexibility index (Phi) is 5.22. The summed E-state index contributed by atoms with van der Waals surface area (Å²) in [7, 11) is 0. The zero-order chi connectivity index (χ0) is 20.8. The number of benzene rings is 1. The Morgan fingerprint density at radius 1 is 1.07 bits per heavy atom. The number of hydrogen-bond donors (Lipinski definition) is 0. The molecule has 2 aliphatic carbocycles. The number of carbonyl (C=O) groups excluding carboxylic acids is 2. The Morgan fingerprint density at radius 3 is 2.45 bits per heavy atom. The van der Waals surface area contributed by atoms with E-state index in [4.69, 9.17) is 9.73 Å². The molecule has 1 aromatic rings. The van der Waals surface area contributed by atoms with Crippen molar-refractivity contribution in [3.05, 3.63) is 46.7 Å². The predicted octanol–water partition coefficient (Wildman–Crippen LogP) is 5.30. The van der Waals surface area contributed by atoms with Gasteiger partial charge in [0.05, 0.1) is 11.5 Å². The number of aryl methyl sites for hydroxylation is 1. The van der Waals surface area contributed by atoms with E-state index in [9.17, 15) is 9.59 Å². The molecule has 2 atom stereocenters. The molecule has 0 radical (unpaired) electrons. The van der Waals surface area contributed by atoms with Crippen molar-refractivity contribution in [1.82, 2.24) is 0 Å². The lowest BCUT2D eigenvalue weighted by molar-refractivity contribution is -0.144. The van der Waals surface area contributed by atoms with E-state index in [0.29, 0.717) is 17.7 Å². The van der Waals surface area contributed by atoms with Gasteiger partial charge in [0, 0.05) is 23.7 Å². The predicted molar refractivity (Wildman–Crippen MR) is 114 cm³/mol. The molecule has 0 N–H and O–H groups in total. The monoisotopic (exact) mass is 393 g/mol. The number of esters is 1. The molecule has 1 heterocycles. The van der Waals surface area contributed by atoms with Crippen LogP contribution in [0.2, 0.25) is 0 Å². The molecule has 0 aromatic heterocycles. The normalized spacial score (nSPS) is 26.9. The first-order valence-corrected chi connectivity index (χ1v) is 10.8. The quantitative estimate of drug-likeness (QED) is 0.655. The van der Waals surface area contributed by atoms with Crippen LogP contribution in [0.3, 0.4) is 0 Å². The third kappa shape index (κ3) is 3.82. The van der Waals surface area contributed by atoms with Gasteiger partial charge < -0.3 is 4.74 Å². The second-order valence-electron chi connectivity index (χ2n) is 9.71. The third-order valence-electron chi connectivity index (χ3n) is 6.68. The van der Waals surface area contributed by atoms with E-state index in [1.807, 2.05) is 38.1 Å². The zero-order valence-corrected chi connectivity index (χ0v) is 18.0. The van der Waals surface area contributed by atoms with Gasteiger partial charge in [-0.25, -0.2) is 4.79 Å². The molecule has 0 spiro atoms. The minimum Gasteiger partial charge on any atom is -0.459 e. The number of aliphatic imine (C=N–C) groups is 1. The highest BCUT2D eigenvalue weighted by Crippen LogP contribution is 2.47. The minimum absolute atomic E-state index is 0.00770. The molecule has 1 aliphatic heterocycles. The maximum Gasteiger partial charge on any atom is 0.336 e. The van der Waals surface area contributed by atoms with Crippen molar-refractivity contribution >= 4 is 17.5 Å². The second kappa shape index (κ2) is 7.55. The van der Waals surface area contributed by atoms with Gasteiger partial charge in [0.25, 0.3) is 0 Å². The summed E-state index contributed by atoms with van der Waals surface area (Å²) in [4.78, 5) is 31.4. The van der Waals surface area contributed by atoms with Crippen LogP contribution in [-0.4, -0.2) is 23.6 Å². The van der Waals surface area contributed by atoms with Crippen molar-refractivity contribution in [3.63, 3.8) is 0 Å². The number of fused-ring (bicyclic) bond motifs is 1. The van der Waals surface area contributed by atoms with Gasteiger partial charge in [0.15, 0.2) is 0 Å². The van der Waals surface area contributed by atoms with Crippen molar-refractivity contribution in [2.24, 2.45) is 16.3 Å². The first-order valence-electron chi connectivity index (χ1n) is 10.8. The number of allylic oxidation sites excluding steroid dienone is 1. The molecule has 0 saturated heterocycles. The van der Waals surface area contributed by atoms with Crippen molar-refractivity contribution in [2.75, 3.05) is 0 Å². The molecule has 1 aromatic carbocycles. The fraction of sp³-hybridized carbons (Fsp3) is 0.560. The first-order chi connectivity index (χ1) is 13.8. The van der Waals surface area contributed by atoms with E-state index >= 15 is 0 Å². The Hall–Kier alpha value is -2.23. The van der Waals surface area contributed by atoms with Crippen LogP contribution in [-0.2, 0) is 14.3 Å². The summed E-state index contributed by atoms with van der Waals surface area (Å²) in [5.74, 6) is -0.768. The molecule has 3 aliphatic rings. The molecule has 29 heavy (non-hydrogen) atoms. The fourth-order valence-electron chi connectivity index (χ4n) is 5.35. The third-order valence-corrected chi connectivity index (χ3v) is 6.68. The Bertz CT molecular complexity index is 902. The van der Waals surface area contributed by atoms with E-state index in [0.717, 1.165) is 48.9 Å². The number of ketones is 1. The summed E-state index contributed by atoms with van der Waals surface area (Å²) in [6.07, 6.45) is 5.37. The molecule has 0 bridgehead atoms. The summed E-state index contributed by atoms with van der Waals surface area (Å²) in [5.41, 5.74) is 4.25. The van der Waals surface area contributed by atoms with E-state index < -0.39 is 0 Å². The Morgan fingerprint density at radius 2 is 1.76 bits per heavy atom. The van der Waals surface area contributed by atoms with Crippen LogP contribution in [0.1, 0.15) is 76.3 Å². The van der Waals surface area contributed by atoms with Gasteiger partial charge in [-0.1, -0.05) is 38.1 Å². The maximum absolute atomic E-state index is 13.3. The molecule has 2 saturated carbocycles. The van der Waals surface area contributed by atoms with Crippen LogP contribution in [0, 0.1) is 18.3 Å². The van der Waals surface area contributed by atoms with E-state index in [-0.39, 0.29) is 35.1 Å². The van der Waals surface area contributed by atoms with Crippen molar-refractivity contribution in [1.29, 1.82) is 0 Å². The number of nitrogens with zero attached hydrogens (tertiary/aromatic N) is 1. The van der Waals surface area contributed by atoms with E-state index in [1.165, 1.54) is 0 Å². The van der Waals surface area contributed by atoms with Gasteiger partial charge in [-0.3, -0.25) is 9.79 Å². The Balaban J connectivity index is 1.81. The van der Waals surface area contributed by atoms with Crippen LogP contribution in [0.15, 0.2) is 40.5 Å². The summed E-state index contributed by atoms with van der Waals surface area (Å²) >= 11 is 0. The van der Waals surface area contributed by atoms with Crippen molar-refractivity contribution < 1.29 is 14.3 Å². The molecule has 0 amide bonds. The second-order valence-corrected chi connectivity index (χ2v) is 9.71. The lowest BCUT2D eigenvalue weighted by atomic mass is 9.63. The number of rotatable bonds is 3. The van der Waals surface area contributed by atoms with Gasteiger partial charge in [-0.2, -0.15) is 0 Å². The largest absolute Gasteiger partial charge is 0.459 e. The molecule has 154 valence electrons. The average molecular weight is 394 g/mol. The SMILES string of the molecule is CC1=C(C(=O)OC2CCCC2)[C@H](c2ccccc2C)C2C(=O)CC(C)(C)CC2=N1. The fourth-order valence-corrected chi connectivity index (χ4v) is 5.35. The number of carbonyl (C=O) groups is 2. The molecular weight excluding hydrogens is 362 g/mol. The van der Waals surface area contributed by atoms with Gasteiger partial charge in [0.1, 0.15) is 11.9 Å². The summed E-state index contributed by atoms with van der Waals surface area (Å²) in [6, 6.07) is 8.08. The highest BCUT2D eigenvalue weighted by atomic mass is 16.5. The highest BCUT2D eigenvalue weighted by Gasteiger charge is 2.48. The van der Waals surface area contributed by atoms with Crippen molar-refractivity contribution in [3.8, 4) is 0 Å². The molecular formula is C25H31NO3. The maximum atomic E-state index is 13.3. The van der Waals surface area contributed by atoms with Crippen molar-refractivity contribution in [2.45, 2.75) is 78.2 Å². The minimum atomic E-state index is -0.362. The van der Waals surface area contributed by atoms with Gasteiger partial charge >= 0.3 is 5.97 Å². The number of hydrogen-bond acceptors (Lipinski definition) is 4. The van der Waals surface area contributed by atoms with Crippen LogP contribution < -0.4 is 0 Å².